The van der Waals surface area contributed by atoms with Crippen molar-refractivity contribution in [2.24, 2.45) is 0 Å². The van der Waals surface area contributed by atoms with E-state index in [4.69, 9.17) is 16.3 Å². The van der Waals surface area contributed by atoms with E-state index >= 15 is 0 Å². The fourth-order valence-corrected chi connectivity index (χ4v) is 2.77. The van der Waals surface area contributed by atoms with Crippen molar-refractivity contribution in [2.75, 3.05) is 7.11 Å². The molecule has 0 saturated carbocycles. The summed E-state index contributed by atoms with van der Waals surface area (Å²) >= 11 is 9.62. The largest absolute Gasteiger partial charge is 0.496 e. The van der Waals surface area contributed by atoms with Crippen molar-refractivity contribution in [1.82, 2.24) is 0 Å². The van der Waals surface area contributed by atoms with Gasteiger partial charge < -0.3 is 4.74 Å². The molecule has 0 amide bonds. The van der Waals surface area contributed by atoms with Gasteiger partial charge in [0.1, 0.15) is 5.75 Å². The lowest BCUT2D eigenvalue weighted by atomic mass is 10.0. The molecule has 0 radical (unpaired) electrons. The highest BCUT2D eigenvalue weighted by atomic mass is 79.9. The summed E-state index contributed by atoms with van der Waals surface area (Å²) in [5, 5.41) is 0.755. The summed E-state index contributed by atoms with van der Waals surface area (Å²) in [6.07, 6.45) is 3.41. The van der Waals surface area contributed by atoms with Crippen molar-refractivity contribution in [3.05, 3.63) is 33.3 Å². The Morgan fingerprint density at radius 3 is 2.73 bits per heavy atom. The summed E-state index contributed by atoms with van der Waals surface area (Å²) in [5.41, 5.74) is 2.45. The van der Waals surface area contributed by atoms with E-state index in [2.05, 4.69) is 15.9 Å². The minimum Gasteiger partial charge on any atom is -0.496 e. The normalized spacial score (nSPS) is 15.9. The van der Waals surface area contributed by atoms with E-state index in [1.807, 2.05) is 18.2 Å². The van der Waals surface area contributed by atoms with Crippen molar-refractivity contribution in [3.63, 3.8) is 0 Å². The van der Waals surface area contributed by atoms with Crippen LogP contribution in [0.5, 0.6) is 5.75 Å². The number of methoxy groups -OCH3 is 1. The Morgan fingerprint density at radius 1 is 1.33 bits per heavy atom. The first-order valence-electron chi connectivity index (χ1n) is 4.94. The molecule has 0 heterocycles. The van der Waals surface area contributed by atoms with Crippen LogP contribution in [-0.4, -0.2) is 7.11 Å². The molecule has 0 atom stereocenters. The average Bonchev–Trinajstić information content (AvgIpc) is 2.64. The first-order valence-corrected chi connectivity index (χ1v) is 6.11. The van der Waals surface area contributed by atoms with Crippen LogP contribution in [0.15, 0.2) is 22.7 Å². The zero-order chi connectivity index (χ0) is 10.8. The van der Waals surface area contributed by atoms with Crippen molar-refractivity contribution in [2.45, 2.75) is 19.3 Å². The number of benzene rings is 1. The standard InChI is InChI=1S/C12H12BrClO/c1-15-12-6-5-8(14)7-10(12)9-3-2-4-11(9)13/h5-7H,2-4H2,1H3. The minimum atomic E-state index is 0.755. The molecular formula is C12H12BrClO. The molecule has 0 N–H and O–H groups in total. The quantitative estimate of drug-likeness (QED) is 0.770. The molecule has 1 aromatic rings. The van der Waals surface area contributed by atoms with Gasteiger partial charge in [-0.2, -0.15) is 0 Å². The third-order valence-corrected chi connectivity index (χ3v) is 3.75. The van der Waals surface area contributed by atoms with E-state index in [0.717, 1.165) is 29.2 Å². The third kappa shape index (κ3) is 2.21. The third-order valence-electron chi connectivity index (χ3n) is 2.64. The number of halogens is 2. The second kappa shape index (κ2) is 4.58. The van der Waals surface area contributed by atoms with Crippen LogP contribution in [0, 0.1) is 0 Å². The van der Waals surface area contributed by atoms with Gasteiger partial charge in [0.25, 0.3) is 0 Å². The van der Waals surface area contributed by atoms with Crippen molar-refractivity contribution >= 4 is 33.1 Å². The van der Waals surface area contributed by atoms with E-state index in [9.17, 15) is 0 Å². The first kappa shape index (κ1) is 11.0. The molecule has 0 aromatic heterocycles. The molecule has 0 bridgehead atoms. The lowest BCUT2D eigenvalue weighted by Crippen LogP contribution is -1.90. The van der Waals surface area contributed by atoms with Crippen molar-refractivity contribution < 1.29 is 4.74 Å². The zero-order valence-corrected chi connectivity index (χ0v) is 10.9. The van der Waals surface area contributed by atoms with Gasteiger partial charge in [0.05, 0.1) is 7.11 Å². The minimum absolute atomic E-state index is 0.755. The Bertz CT molecular complexity index is 412. The predicted molar refractivity (Wildman–Crippen MR) is 67.7 cm³/mol. The van der Waals surface area contributed by atoms with Crippen LogP contribution in [0.4, 0.5) is 0 Å². The lowest BCUT2D eigenvalue weighted by Gasteiger charge is -2.10. The van der Waals surface area contributed by atoms with Gasteiger partial charge in [-0.05, 0) is 47.5 Å². The fraction of sp³-hybridized carbons (Fsp3) is 0.333. The smallest absolute Gasteiger partial charge is 0.126 e. The van der Waals surface area contributed by atoms with Crippen molar-refractivity contribution in [1.29, 1.82) is 0 Å². The number of rotatable bonds is 2. The average molecular weight is 288 g/mol. The molecule has 15 heavy (non-hydrogen) atoms. The second-order valence-electron chi connectivity index (χ2n) is 3.58. The van der Waals surface area contributed by atoms with Gasteiger partial charge in [-0.3, -0.25) is 0 Å². The Labute approximate surface area is 103 Å². The fourth-order valence-electron chi connectivity index (χ4n) is 1.90. The van der Waals surface area contributed by atoms with Crippen LogP contribution in [0.1, 0.15) is 24.8 Å². The molecule has 1 aliphatic rings. The molecule has 0 fully saturated rings. The van der Waals surface area contributed by atoms with Crippen LogP contribution in [0.3, 0.4) is 0 Å². The number of hydrogen-bond acceptors (Lipinski definition) is 1. The van der Waals surface area contributed by atoms with Gasteiger partial charge >= 0.3 is 0 Å². The monoisotopic (exact) mass is 286 g/mol. The highest BCUT2D eigenvalue weighted by Gasteiger charge is 2.17. The molecule has 1 aliphatic carbocycles. The van der Waals surface area contributed by atoms with Crippen molar-refractivity contribution in [3.8, 4) is 5.75 Å². The van der Waals surface area contributed by atoms with Gasteiger partial charge in [0.15, 0.2) is 0 Å². The lowest BCUT2D eigenvalue weighted by molar-refractivity contribution is 0.413. The maximum atomic E-state index is 6.01. The maximum absolute atomic E-state index is 6.01. The van der Waals surface area contributed by atoms with E-state index in [-0.39, 0.29) is 0 Å². The van der Waals surface area contributed by atoms with Gasteiger partial charge in [-0.1, -0.05) is 27.5 Å². The number of hydrogen-bond donors (Lipinski definition) is 0. The topological polar surface area (TPSA) is 9.23 Å². The van der Waals surface area contributed by atoms with Gasteiger partial charge in [0, 0.05) is 10.6 Å². The summed E-state index contributed by atoms with van der Waals surface area (Å²) in [7, 11) is 1.69. The molecule has 1 aromatic carbocycles. The van der Waals surface area contributed by atoms with Gasteiger partial charge in [-0.15, -0.1) is 0 Å². The Hall–Kier alpha value is -0.470. The Morgan fingerprint density at radius 2 is 2.13 bits per heavy atom. The summed E-state index contributed by atoms with van der Waals surface area (Å²) in [6, 6.07) is 5.75. The number of allylic oxidation sites excluding steroid dienone is 2. The van der Waals surface area contributed by atoms with Gasteiger partial charge in [0.2, 0.25) is 0 Å². The molecule has 0 unspecified atom stereocenters. The highest BCUT2D eigenvalue weighted by molar-refractivity contribution is 9.11. The first-order chi connectivity index (χ1) is 7.22. The van der Waals surface area contributed by atoms with E-state index < -0.39 is 0 Å². The Balaban J connectivity index is 2.50. The molecule has 0 saturated heterocycles. The predicted octanol–water partition coefficient (Wildman–Crippen LogP) is 4.64. The molecule has 2 rings (SSSR count). The summed E-state index contributed by atoms with van der Waals surface area (Å²) in [6.45, 7) is 0. The maximum Gasteiger partial charge on any atom is 0.126 e. The summed E-state index contributed by atoms with van der Waals surface area (Å²) in [5.74, 6) is 0.897. The molecule has 80 valence electrons. The van der Waals surface area contributed by atoms with Gasteiger partial charge in [-0.25, -0.2) is 0 Å². The molecule has 0 spiro atoms. The molecule has 3 heteroatoms. The number of ether oxygens (including phenoxy) is 1. The summed E-state index contributed by atoms with van der Waals surface area (Å²) in [4.78, 5) is 0. The van der Waals surface area contributed by atoms with Crippen LogP contribution in [0.2, 0.25) is 5.02 Å². The van der Waals surface area contributed by atoms with Crippen LogP contribution >= 0.6 is 27.5 Å². The Kier molecular flexibility index (Phi) is 3.37. The van der Waals surface area contributed by atoms with Crippen LogP contribution in [0.25, 0.3) is 5.57 Å². The van der Waals surface area contributed by atoms with E-state index in [1.165, 1.54) is 16.5 Å². The van der Waals surface area contributed by atoms with E-state index in [0.29, 0.717) is 0 Å². The zero-order valence-electron chi connectivity index (χ0n) is 8.52. The van der Waals surface area contributed by atoms with Crippen LogP contribution in [-0.2, 0) is 0 Å². The van der Waals surface area contributed by atoms with E-state index in [1.54, 1.807) is 7.11 Å². The molecule has 0 aliphatic heterocycles. The van der Waals surface area contributed by atoms with Crippen LogP contribution < -0.4 is 4.74 Å². The molecule has 1 nitrogen and oxygen atoms in total. The second-order valence-corrected chi connectivity index (χ2v) is 4.98. The molecular weight excluding hydrogens is 275 g/mol. The SMILES string of the molecule is COc1ccc(Cl)cc1C1=C(Br)CCC1. The summed E-state index contributed by atoms with van der Waals surface area (Å²) < 4.78 is 6.63. The highest BCUT2D eigenvalue weighted by Crippen LogP contribution is 2.41.